The van der Waals surface area contributed by atoms with Crippen LogP contribution in [0.2, 0.25) is 0 Å². The van der Waals surface area contributed by atoms with Gasteiger partial charge in [-0.15, -0.1) is 0 Å². The molecule has 0 aromatic heterocycles. The Balaban J connectivity index is 3.47. The van der Waals surface area contributed by atoms with Crippen LogP contribution in [0.3, 0.4) is 0 Å². The molecule has 0 aromatic rings. The molecule has 2 unspecified atom stereocenters. The predicted molar refractivity (Wildman–Crippen MR) is 269 cm³/mol. The minimum absolute atomic E-state index is 0.0220. The van der Waals surface area contributed by atoms with Gasteiger partial charge in [0.25, 0.3) is 0 Å². The van der Waals surface area contributed by atoms with Gasteiger partial charge in [-0.3, -0.25) is 9.59 Å². The molecule has 62 heavy (non-hydrogen) atoms. The normalized spacial score (nSPS) is 13.0. The maximum Gasteiger partial charge on any atom is 0.305 e. The van der Waals surface area contributed by atoms with Crippen LogP contribution >= 0.6 is 0 Å². The van der Waals surface area contributed by atoms with E-state index >= 15 is 0 Å². The fraction of sp³-hybridized carbons (Fsp3) is 0.821. The lowest BCUT2D eigenvalue weighted by molar-refractivity contribution is -0.143. The quantitative estimate of drug-likeness (QED) is 0.0245. The molecule has 3 N–H and O–H groups in total. The molecule has 0 radical (unpaired) electrons. The first kappa shape index (κ1) is 59.8. The molecular formula is C56H103NO5. The number of carbonyl (C=O) groups excluding carboxylic acids is 2. The van der Waals surface area contributed by atoms with E-state index in [9.17, 15) is 19.8 Å². The zero-order valence-electron chi connectivity index (χ0n) is 41.1. The highest BCUT2D eigenvalue weighted by molar-refractivity contribution is 5.76. The van der Waals surface area contributed by atoms with Crippen LogP contribution in [0.15, 0.2) is 48.6 Å². The van der Waals surface area contributed by atoms with E-state index < -0.39 is 12.1 Å². The third-order valence-corrected chi connectivity index (χ3v) is 12.1. The lowest BCUT2D eigenvalue weighted by Crippen LogP contribution is -2.45. The number of aliphatic hydroxyl groups is 2. The van der Waals surface area contributed by atoms with Crippen molar-refractivity contribution < 1.29 is 24.5 Å². The number of allylic oxidation sites excluding steroid dienone is 8. The van der Waals surface area contributed by atoms with Crippen molar-refractivity contribution in [3.05, 3.63) is 48.6 Å². The van der Waals surface area contributed by atoms with Gasteiger partial charge in [-0.2, -0.15) is 0 Å². The van der Waals surface area contributed by atoms with Crippen LogP contribution in [0.1, 0.15) is 271 Å². The molecule has 0 fully saturated rings. The summed E-state index contributed by atoms with van der Waals surface area (Å²) in [5.41, 5.74) is 0. The Bertz CT molecular complexity index is 1050. The Hall–Kier alpha value is -2.18. The molecule has 0 spiro atoms. The van der Waals surface area contributed by atoms with Gasteiger partial charge in [0.2, 0.25) is 5.91 Å². The van der Waals surface area contributed by atoms with E-state index in [-0.39, 0.29) is 18.5 Å². The smallest absolute Gasteiger partial charge is 0.305 e. The Morgan fingerprint density at radius 1 is 0.468 bits per heavy atom. The number of esters is 1. The molecule has 1 amide bonds. The number of ether oxygens (including phenoxy) is 1. The highest BCUT2D eigenvalue weighted by Gasteiger charge is 2.20. The molecule has 0 aliphatic carbocycles. The molecule has 2 atom stereocenters. The molecule has 0 aromatic carbocycles. The molecule has 0 heterocycles. The van der Waals surface area contributed by atoms with Gasteiger partial charge in [0.15, 0.2) is 0 Å². The number of rotatable bonds is 49. The average molecular weight is 870 g/mol. The lowest BCUT2D eigenvalue weighted by atomic mass is 10.0. The number of aliphatic hydroxyl groups excluding tert-OH is 2. The third kappa shape index (κ3) is 47.3. The minimum atomic E-state index is -0.669. The zero-order valence-corrected chi connectivity index (χ0v) is 41.1. The second-order valence-electron chi connectivity index (χ2n) is 18.2. The van der Waals surface area contributed by atoms with E-state index in [4.69, 9.17) is 4.74 Å². The summed E-state index contributed by atoms with van der Waals surface area (Å²) < 4.78 is 5.45. The summed E-state index contributed by atoms with van der Waals surface area (Å²) in [6.45, 7) is 4.85. The summed E-state index contributed by atoms with van der Waals surface area (Å²) in [7, 11) is 0. The summed E-state index contributed by atoms with van der Waals surface area (Å²) in [6.07, 6.45) is 63.8. The van der Waals surface area contributed by atoms with E-state index in [1.807, 2.05) is 0 Å². The minimum Gasteiger partial charge on any atom is -0.466 e. The second kappa shape index (κ2) is 51.5. The Morgan fingerprint density at radius 2 is 0.855 bits per heavy atom. The number of nitrogens with one attached hydrogen (secondary N) is 1. The molecule has 0 saturated carbocycles. The van der Waals surface area contributed by atoms with Crippen molar-refractivity contribution in [1.82, 2.24) is 5.32 Å². The van der Waals surface area contributed by atoms with Crippen LogP contribution < -0.4 is 5.32 Å². The Labute approximate surface area is 385 Å². The monoisotopic (exact) mass is 870 g/mol. The number of carbonyl (C=O) groups is 2. The molecule has 0 rings (SSSR count). The topological polar surface area (TPSA) is 95.9 Å². The van der Waals surface area contributed by atoms with Crippen LogP contribution in [-0.2, 0) is 14.3 Å². The van der Waals surface area contributed by atoms with Crippen molar-refractivity contribution in [2.75, 3.05) is 13.2 Å². The first-order valence-electron chi connectivity index (χ1n) is 26.9. The molecule has 6 nitrogen and oxygen atoms in total. The van der Waals surface area contributed by atoms with Crippen molar-refractivity contribution >= 4 is 11.9 Å². The van der Waals surface area contributed by atoms with E-state index in [1.165, 1.54) is 161 Å². The van der Waals surface area contributed by atoms with Gasteiger partial charge in [0.05, 0.1) is 25.4 Å². The summed E-state index contributed by atoms with van der Waals surface area (Å²) in [5, 5.41) is 23.1. The van der Waals surface area contributed by atoms with Crippen molar-refractivity contribution in [1.29, 1.82) is 0 Å². The van der Waals surface area contributed by atoms with E-state index in [0.717, 1.165) is 77.0 Å². The molecule has 0 saturated heterocycles. The Kier molecular flexibility index (Phi) is 49.6. The van der Waals surface area contributed by atoms with Crippen molar-refractivity contribution in [3.63, 3.8) is 0 Å². The van der Waals surface area contributed by atoms with Crippen LogP contribution in [0.5, 0.6) is 0 Å². The third-order valence-electron chi connectivity index (χ3n) is 12.1. The van der Waals surface area contributed by atoms with E-state index in [0.29, 0.717) is 25.9 Å². The molecule has 0 aliphatic rings. The maximum atomic E-state index is 12.4. The number of hydrogen-bond donors (Lipinski definition) is 3. The number of unbranched alkanes of at least 4 members (excludes halogenated alkanes) is 31. The predicted octanol–water partition coefficient (Wildman–Crippen LogP) is 16.2. The fourth-order valence-corrected chi connectivity index (χ4v) is 7.95. The zero-order chi connectivity index (χ0) is 45.1. The van der Waals surface area contributed by atoms with Gasteiger partial charge in [-0.1, -0.05) is 217 Å². The second-order valence-corrected chi connectivity index (χ2v) is 18.2. The van der Waals surface area contributed by atoms with Gasteiger partial charge in [-0.25, -0.2) is 0 Å². The van der Waals surface area contributed by atoms with Crippen LogP contribution in [0, 0.1) is 0 Å². The molecular weight excluding hydrogens is 767 g/mol. The summed E-state index contributed by atoms with van der Waals surface area (Å²) in [4.78, 5) is 24.4. The van der Waals surface area contributed by atoms with Gasteiger partial charge < -0.3 is 20.3 Å². The molecule has 0 aliphatic heterocycles. The summed E-state index contributed by atoms with van der Waals surface area (Å²) in [5.74, 6) is -0.0707. The van der Waals surface area contributed by atoms with Gasteiger partial charge in [-0.05, 0) is 89.9 Å². The van der Waals surface area contributed by atoms with Gasteiger partial charge >= 0.3 is 5.97 Å². The molecule has 0 bridgehead atoms. The maximum absolute atomic E-state index is 12.4. The standard InChI is InChI=1S/C56H103NO5/c1-3-5-7-9-11-13-14-15-16-20-24-27-30-34-38-42-46-50-56(61)62-51-47-43-39-35-31-28-25-22-19-17-18-21-23-26-29-33-37-41-45-49-55(60)57-53(52-58)54(59)48-44-40-36-32-12-10-8-6-4-2/h11,13,15-16,22,25,28,31,53-54,58-59H,3-10,12,14,17-21,23-24,26-27,29-30,32-52H2,1-2H3,(H,57,60)/b13-11-,16-15-,25-22-,31-28-. The highest BCUT2D eigenvalue weighted by atomic mass is 16.5. The van der Waals surface area contributed by atoms with Crippen LogP contribution in [0.4, 0.5) is 0 Å². The average Bonchev–Trinajstić information content (AvgIpc) is 3.27. The highest BCUT2D eigenvalue weighted by Crippen LogP contribution is 2.15. The van der Waals surface area contributed by atoms with Gasteiger partial charge in [0, 0.05) is 12.8 Å². The Morgan fingerprint density at radius 3 is 1.35 bits per heavy atom. The van der Waals surface area contributed by atoms with Crippen molar-refractivity contribution in [2.24, 2.45) is 0 Å². The summed E-state index contributed by atoms with van der Waals surface area (Å²) in [6, 6.07) is -0.548. The first-order chi connectivity index (χ1) is 30.5. The van der Waals surface area contributed by atoms with Crippen molar-refractivity contribution in [2.45, 2.75) is 283 Å². The molecule has 362 valence electrons. The SMILES string of the molecule is CCCCC/C=C\C/C=C\CCCCCCCCCC(=O)OCCCCC/C=C\C=C/CCCCCCCCCCCCC(=O)NC(CO)C(O)CCCCCCCCCCC. The lowest BCUT2D eigenvalue weighted by Gasteiger charge is -2.22. The van der Waals surface area contributed by atoms with E-state index in [1.54, 1.807) is 0 Å². The largest absolute Gasteiger partial charge is 0.466 e. The first-order valence-corrected chi connectivity index (χ1v) is 26.9. The molecule has 6 heteroatoms. The van der Waals surface area contributed by atoms with Crippen molar-refractivity contribution in [3.8, 4) is 0 Å². The van der Waals surface area contributed by atoms with Crippen LogP contribution in [-0.4, -0.2) is 47.4 Å². The number of amides is 1. The van der Waals surface area contributed by atoms with Crippen LogP contribution in [0.25, 0.3) is 0 Å². The van der Waals surface area contributed by atoms with Gasteiger partial charge in [0.1, 0.15) is 0 Å². The summed E-state index contributed by atoms with van der Waals surface area (Å²) >= 11 is 0. The number of hydrogen-bond acceptors (Lipinski definition) is 5. The fourth-order valence-electron chi connectivity index (χ4n) is 7.95. The van der Waals surface area contributed by atoms with E-state index in [2.05, 4.69) is 67.8 Å².